The second-order valence-corrected chi connectivity index (χ2v) is 6.29. The van der Waals surface area contributed by atoms with Crippen molar-refractivity contribution in [1.82, 2.24) is 10.1 Å². The molecule has 0 saturated carbocycles. The van der Waals surface area contributed by atoms with Crippen molar-refractivity contribution in [2.75, 3.05) is 11.5 Å². The van der Waals surface area contributed by atoms with Crippen LogP contribution in [0.1, 0.15) is 24.7 Å². The minimum Gasteiger partial charge on any atom is -0.338 e. The zero-order chi connectivity index (χ0) is 10.2. The van der Waals surface area contributed by atoms with Crippen molar-refractivity contribution >= 4 is 25.8 Å². The average molecular weight is 281 g/mol. The predicted octanol–water partition coefficient (Wildman–Crippen LogP) is 1.12. The molecule has 5 nitrogen and oxygen atoms in total. The summed E-state index contributed by atoms with van der Waals surface area (Å²) in [6.07, 6.45) is 1.47. The highest BCUT2D eigenvalue weighted by Gasteiger charge is 2.29. The maximum Gasteiger partial charge on any atom is 0.238 e. The number of aromatic nitrogens is 2. The lowest BCUT2D eigenvalue weighted by Crippen LogP contribution is -2.23. The second-order valence-electron chi connectivity index (χ2n) is 3.36. The van der Waals surface area contributed by atoms with E-state index in [1.807, 2.05) is 0 Å². The molecule has 2 heterocycles. The van der Waals surface area contributed by atoms with Crippen LogP contribution in [0.2, 0.25) is 0 Å². The van der Waals surface area contributed by atoms with Gasteiger partial charge in [0.2, 0.25) is 10.6 Å². The van der Waals surface area contributed by atoms with E-state index in [2.05, 4.69) is 26.1 Å². The fourth-order valence-corrected chi connectivity index (χ4v) is 3.54. The van der Waals surface area contributed by atoms with Crippen LogP contribution in [0.3, 0.4) is 0 Å². The van der Waals surface area contributed by atoms with Crippen molar-refractivity contribution in [3.63, 3.8) is 0 Å². The normalized spacial score (nSPS) is 26.2. The van der Waals surface area contributed by atoms with Gasteiger partial charge in [0.25, 0.3) is 0 Å². The molecule has 1 unspecified atom stereocenters. The summed E-state index contributed by atoms with van der Waals surface area (Å²) >= 11 is 3.06. The van der Waals surface area contributed by atoms with Gasteiger partial charge in [-0.2, -0.15) is 4.98 Å². The van der Waals surface area contributed by atoms with E-state index in [1.165, 1.54) is 0 Å². The Hall–Kier alpha value is -0.430. The average Bonchev–Trinajstić information content (AvgIpc) is 2.50. The summed E-state index contributed by atoms with van der Waals surface area (Å²) in [5.74, 6) is 0.688. The molecule has 0 spiro atoms. The summed E-state index contributed by atoms with van der Waals surface area (Å²) in [5, 5.41) is 3.58. The van der Waals surface area contributed by atoms with Crippen LogP contribution < -0.4 is 0 Å². The molecule has 0 aromatic carbocycles. The van der Waals surface area contributed by atoms with Crippen molar-refractivity contribution in [2.45, 2.75) is 18.8 Å². The highest BCUT2D eigenvalue weighted by molar-refractivity contribution is 9.10. The first-order valence-electron chi connectivity index (χ1n) is 4.26. The van der Waals surface area contributed by atoms with Crippen molar-refractivity contribution < 1.29 is 12.9 Å². The van der Waals surface area contributed by atoms with E-state index in [9.17, 15) is 8.42 Å². The van der Waals surface area contributed by atoms with Crippen molar-refractivity contribution in [1.29, 1.82) is 0 Å². The van der Waals surface area contributed by atoms with E-state index < -0.39 is 9.84 Å². The molecule has 2 rings (SSSR count). The molecule has 1 aromatic heterocycles. The lowest BCUT2D eigenvalue weighted by molar-refractivity contribution is 0.348. The Kier molecular flexibility index (Phi) is 2.61. The van der Waals surface area contributed by atoms with Crippen LogP contribution in [-0.4, -0.2) is 30.1 Å². The topological polar surface area (TPSA) is 73.1 Å². The minimum absolute atomic E-state index is 0.127. The summed E-state index contributed by atoms with van der Waals surface area (Å²) in [6.45, 7) is 0. The fourth-order valence-electron chi connectivity index (χ4n) is 1.60. The molecular formula is C7H9BrN2O3S. The highest BCUT2D eigenvalue weighted by Crippen LogP contribution is 2.27. The Labute approximate surface area is 89.9 Å². The first kappa shape index (κ1) is 10.1. The number of halogens is 1. The molecule has 1 aliphatic heterocycles. The van der Waals surface area contributed by atoms with E-state index in [-0.39, 0.29) is 17.4 Å². The van der Waals surface area contributed by atoms with Gasteiger partial charge in [-0.1, -0.05) is 0 Å². The lowest BCUT2D eigenvalue weighted by atomic mass is 10.1. The van der Waals surface area contributed by atoms with Gasteiger partial charge < -0.3 is 4.52 Å². The quantitative estimate of drug-likeness (QED) is 0.771. The van der Waals surface area contributed by atoms with Gasteiger partial charge in [0.1, 0.15) is 0 Å². The number of hydrogen-bond acceptors (Lipinski definition) is 5. The molecule has 1 aromatic rings. The molecule has 0 bridgehead atoms. The maximum atomic E-state index is 11.3. The number of hydrogen-bond donors (Lipinski definition) is 0. The summed E-state index contributed by atoms with van der Waals surface area (Å²) in [4.78, 5) is 3.97. The van der Waals surface area contributed by atoms with Crippen molar-refractivity contribution in [2.24, 2.45) is 0 Å². The summed E-state index contributed by atoms with van der Waals surface area (Å²) in [5.41, 5.74) is 0. The molecule has 1 aliphatic rings. The monoisotopic (exact) mass is 280 g/mol. The molecule has 7 heteroatoms. The second kappa shape index (κ2) is 3.62. The molecule has 0 radical (unpaired) electrons. The summed E-state index contributed by atoms with van der Waals surface area (Å²) in [6, 6.07) is 0. The van der Waals surface area contributed by atoms with Crippen molar-refractivity contribution in [3.8, 4) is 0 Å². The number of sulfone groups is 1. The van der Waals surface area contributed by atoms with E-state index in [0.29, 0.717) is 17.0 Å². The molecular weight excluding hydrogens is 272 g/mol. The van der Waals surface area contributed by atoms with Gasteiger partial charge in [-0.05, 0) is 33.9 Å². The Morgan fingerprint density at radius 2 is 2.29 bits per heavy atom. The van der Waals surface area contributed by atoms with Gasteiger partial charge >= 0.3 is 0 Å². The van der Waals surface area contributed by atoms with Crippen LogP contribution in [0, 0.1) is 0 Å². The van der Waals surface area contributed by atoms with E-state index >= 15 is 0 Å². The summed E-state index contributed by atoms with van der Waals surface area (Å²) in [7, 11) is -2.91. The third-order valence-corrected chi connectivity index (χ3v) is 4.37. The predicted molar refractivity (Wildman–Crippen MR) is 52.6 cm³/mol. The first-order valence-corrected chi connectivity index (χ1v) is 6.88. The van der Waals surface area contributed by atoms with Crippen LogP contribution in [0.15, 0.2) is 9.26 Å². The largest absolute Gasteiger partial charge is 0.338 e. The Balaban J connectivity index is 2.20. The molecule has 14 heavy (non-hydrogen) atoms. The Bertz CT molecular complexity index is 428. The molecule has 0 aliphatic carbocycles. The fraction of sp³-hybridized carbons (Fsp3) is 0.714. The van der Waals surface area contributed by atoms with Gasteiger partial charge in [0.05, 0.1) is 17.4 Å². The first-order chi connectivity index (χ1) is 6.57. The van der Waals surface area contributed by atoms with Gasteiger partial charge in [-0.3, -0.25) is 0 Å². The summed E-state index contributed by atoms with van der Waals surface area (Å²) < 4.78 is 28.0. The highest BCUT2D eigenvalue weighted by atomic mass is 79.9. The third kappa shape index (κ3) is 2.14. The molecule has 1 atom stereocenters. The lowest BCUT2D eigenvalue weighted by Gasteiger charge is -2.17. The van der Waals surface area contributed by atoms with Crippen LogP contribution in [-0.2, 0) is 9.84 Å². The van der Waals surface area contributed by atoms with Crippen molar-refractivity contribution in [3.05, 3.63) is 10.6 Å². The third-order valence-electron chi connectivity index (χ3n) is 2.23. The van der Waals surface area contributed by atoms with Crippen LogP contribution in [0.25, 0.3) is 0 Å². The molecule has 1 saturated heterocycles. The standard InChI is InChI=1S/C7H9BrN2O3S/c8-7-9-6(13-10-7)5-2-1-3-14(11,12)4-5/h5H,1-4H2. The van der Waals surface area contributed by atoms with Crippen LogP contribution in [0.5, 0.6) is 0 Å². The van der Waals surface area contributed by atoms with Gasteiger partial charge in [0, 0.05) is 0 Å². The Morgan fingerprint density at radius 3 is 2.86 bits per heavy atom. The smallest absolute Gasteiger partial charge is 0.238 e. The molecule has 0 amide bonds. The maximum absolute atomic E-state index is 11.3. The van der Waals surface area contributed by atoms with Crippen LogP contribution in [0.4, 0.5) is 0 Å². The Morgan fingerprint density at radius 1 is 1.50 bits per heavy atom. The van der Waals surface area contributed by atoms with E-state index in [0.717, 1.165) is 6.42 Å². The van der Waals surface area contributed by atoms with Gasteiger partial charge in [-0.15, -0.1) is 0 Å². The van der Waals surface area contributed by atoms with Crippen LogP contribution >= 0.6 is 15.9 Å². The van der Waals surface area contributed by atoms with E-state index in [4.69, 9.17) is 4.52 Å². The van der Waals surface area contributed by atoms with Gasteiger partial charge in [0.15, 0.2) is 9.84 Å². The minimum atomic E-state index is -2.91. The van der Waals surface area contributed by atoms with Gasteiger partial charge in [-0.25, -0.2) is 8.42 Å². The molecule has 1 fully saturated rings. The van der Waals surface area contributed by atoms with E-state index in [1.54, 1.807) is 0 Å². The zero-order valence-electron chi connectivity index (χ0n) is 7.31. The SMILES string of the molecule is O=S1(=O)CCCC(c2nc(Br)no2)C1. The number of nitrogens with zero attached hydrogens (tertiary/aromatic N) is 2. The number of rotatable bonds is 1. The zero-order valence-corrected chi connectivity index (χ0v) is 9.71. The molecule has 0 N–H and O–H groups in total. The molecule has 78 valence electrons.